The van der Waals surface area contributed by atoms with Crippen molar-refractivity contribution in [1.29, 1.82) is 0 Å². The molecule has 1 aromatic rings. The number of sulfone groups is 1. The fourth-order valence-electron chi connectivity index (χ4n) is 1.92. The summed E-state index contributed by atoms with van der Waals surface area (Å²) in [7, 11) is -1.38. The van der Waals surface area contributed by atoms with E-state index in [-0.39, 0.29) is 11.9 Å². The molecule has 0 fully saturated rings. The second-order valence-corrected chi connectivity index (χ2v) is 6.92. The Morgan fingerprint density at radius 3 is 2.53 bits per heavy atom. The number of benzene rings is 1. The van der Waals surface area contributed by atoms with Crippen LogP contribution in [0, 0.1) is 0 Å². The quantitative estimate of drug-likeness (QED) is 0.833. The van der Waals surface area contributed by atoms with Gasteiger partial charge in [0, 0.05) is 13.6 Å². The third kappa shape index (κ3) is 4.51. The minimum atomic E-state index is -3.23. The fourth-order valence-corrected chi connectivity index (χ4v) is 3.50. The van der Waals surface area contributed by atoms with Gasteiger partial charge in [0.15, 0.2) is 9.84 Å². The van der Waals surface area contributed by atoms with Crippen LogP contribution in [-0.2, 0) is 9.84 Å². The second kappa shape index (κ2) is 6.91. The Hall–Kier alpha value is -1.07. The van der Waals surface area contributed by atoms with Gasteiger partial charge in [0.2, 0.25) is 0 Å². The van der Waals surface area contributed by atoms with E-state index in [1.807, 2.05) is 31.0 Å². The van der Waals surface area contributed by atoms with Gasteiger partial charge in [-0.15, -0.1) is 0 Å². The smallest absolute Gasteiger partial charge is 0.180 e. The monoisotopic (exact) mass is 285 g/mol. The molecule has 4 nitrogen and oxygen atoms in total. The highest BCUT2D eigenvalue weighted by molar-refractivity contribution is 7.91. The molecule has 0 aromatic heterocycles. The first-order chi connectivity index (χ1) is 8.88. The van der Waals surface area contributed by atoms with Gasteiger partial charge in [-0.25, -0.2) is 8.42 Å². The van der Waals surface area contributed by atoms with Crippen LogP contribution in [0.3, 0.4) is 0 Å². The van der Waals surface area contributed by atoms with E-state index in [0.29, 0.717) is 30.0 Å². The summed E-state index contributed by atoms with van der Waals surface area (Å²) in [6.07, 6.45) is 0.828. The number of anilines is 1. The number of rotatable bonds is 7. The lowest BCUT2D eigenvalue weighted by atomic mass is 10.2. The lowest BCUT2D eigenvalue weighted by molar-refractivity contribution is 0.187. The van der Waals surface area contributed by atoms with Crippen LogP contribution >= 0.6 is 0 Å². The van der Waals surface area contributed by atoms with Crippen LogP contribution in [0.25, 0.3) is 0 Å². The number of hydrogen-bond donors (Lipinski definition) is 1. The Bertz CT molecular complexity index is 497. The predicted octanol–water partition coefficient (Wildman–Crippen LogP) is 2.08. The van der Waals surface area contributed by atoms with Crippen molar-refractivity contribution in [2.24, 2.45) is 0 Å². The first kappa shape index (κ1) is 16.0. The van der Waals surface area contributed by atoms with Gasteiger partial charge >= 0.3 is 0 Å². The number of aliphatic hydroxyl groups is 1. The Morgan fingerprint density at radius 2 is 1.95 bits per heavy atom. The zero-order valence-electron chi connectivity index (χ0n) is 11.8. The molecule has 0 spiro atoms. The lowest BCUT2D eigenvalue weighted by Gasteiger charge is -2.22. The molecular weight excluding hydrogens is 262 g/mol. The van der Waals surface area contributed by atoms with Gasteiger partial charge in [0.25, 0.3) is 0 Å². The second-order valence-electron chi connectivity index (χ2n) is 4.85. The average molecular weight is 285 g/mol. The Labute approximate surface area is 116 Å². The summed E-state index contributed by atoms with van der Waals surface area (Å²) >= 11 is 0. The maximum Gasteiger partial charge on any atom is 0.180 e. The normalized spacial score (nSPS) is 13.3. The molecule has 0 bridgehead atoms. The molecule has 0 saturated carbocycles. The molecule has 0 aliphatic heterocycles. The van der Waals surface area contributed by atoms with Gasteiger partial charge in [-0.3, -0.25) is 0 Å². The Kier molecular flexibility index (Phi) is 5.82. The fraction of sp³-hybridized carbons (Fsp3) is 0.571. The SMILES string of the molecule is CCCS(=O)(=O)c1ccccc1N(C)CCC(C)O. The predicted molar refractivity (Wildman–Crippen MR) is 78.4 cm³/mol. The number of nitrogens with zero attached hydrogens (tertiary/aromatic N) is 1. The molecule has 1 atom stereocenters. The lowest BCUT2D eigenvalue weighted by Crippen LogP contribution is -2.24. The van der Waals surface area contributed by atoms with E-state index in [9.17, 15) is 13.5 Å². The molecule has 1 rings (SSSR count). The van der Waals surface area contributed by atoms with Crippen molar-refractivity contribution < 1.29 is 13.5 Å². The average Bonchev–Trinajstić information content (AvgIpc) is 2.36. The third-order valence-corrected chi connectivity index (χ3v) is 4.93. The largest absolute Gasteiger partial charge is 0.393 e. The minimum absolute atomic E-state index is 0.161. The summed E-state index contributed by atoms with van der Waals surface area (Å²) < 4.78 is 24.4. The molecule has 0 aliphatic rings. The molecule has 5 heteroatoms. The van der Waals surface area contributed by atoms with Crippen molar-refractivity contribution in [3.63, 3.8) is 0 Å². The van der Waals surface area contributed by atoms with Crippen molar-refractivity contribution >= 4 is 15.5 Å². The molecular formula is C14H23NO3S. The van der Waals surface area contributed by atoms with E-state index in [2.05, 4.69) is 0 Å². The van der Waals surface area contributed by atoms with E-state index in [0.717, 1.165) is 0 Å². The summed E-state index contributed by atoms with van der Waals surface area (Å²) in [6.45, 7) is 4.21. The van der Waals surface area contributed by atoms with Crippen LogP contribution in [-0.4, -0.2) is 39.0 Å². The van der Waals surface area contributed by atoms with Crippen LogP contribution in [0.15, 0.2) is 29.2 Å². The molecule has 0 radical (unpaired) electrons. The van der Waals surface area contributed by atoms with E-state index in [1.165, 1.54) is 0 Å². The van der Waals surface area contributed by atoms with Crippen LogP contribution in [0.1, 0.15) is 26.7 Å². The van der Waals surface area contributed by atoms with E-state index < -0.39 is 9.84 Å². The molecule has 108 valence electrons. The summed E-state index contributed by atoms with van der Waals surface area (Å²) in [5, 5.41) is 9.32. The first-order valence-corrected chi connectivity index (χ1v) is 8.24. The van der Waals surface area contributed by atoms with Crippen LogP contribution in [0.5, 0.6) is 0 Å². The van der Waals surface area contributed by atoms with Gasteiger partial charge in [-0.05, 0) is 31.9 Å². The van der Waals surface area contributed by atoms with Gasteiger partial charge in [0.1, 0.15) is 0 Å². The van der Waals surface area contributed by atoms with E-state index >= 15 is 0 Å². The maximum atomic E-state index is 12.2. The van der Waals surface area contributed by atoms with E-state index in [4.69, 9.17) is 0 Å². The summed E-state index contributed by atoms with van der Waals surface area (Å²) in [4.78, 5) is 2.26. The van der Waals surface area contributed by atoms with Gasteiger partial charge in [-0.2, -0.15) is 0 Å². The maximum absolute atomic E-state index is 12.2. The van der Waals surface area contributed by atoms with Gasteiger partial charge < -0.3 is 10.0 Å². The standard InChI is InChI=1S/C14H23NO3S/c1-4-11-19(17,18)14-8-6-5-7-13(14)15(3)10-9-12(2)16/h5-8,12,16H,4,9-11H2,1-3H3. The molecule has 1 N–H and O–H groups in total. The molecule has 0 heterocycles. The number of aliphatic hydroxyl groups excluding tert-OH is 1. The Morgan fingerprint density at radius 1 is 1.32 bits per heavy atom. The van der Waals surface area contributed by atoms with Crippen molar-refractivity contribution in [2.45, 2.75) is 37.7 Å². The van der Waals surface area contributed by atoms with E-state index in [1.54, 1.807) is 19.1 Å². The first-order valence-electron chi connectivity index (χ1n) is 6.59. The van der Waals surface area contributed by atoms with Crippen LogP contribution in [0.4, 0.5) is 5.69 Å². The minimum Gasteiger partial charge on any atom is -0.393 e. The highest BCUT2D eigenvalue weighted by Crippen LogP contribution is 2.25. The molecule has 19 heavy (non-hydrogen) atoms. The van der Waals surface area contributed by atoms with Gasteiger partial charge in [-0.1, -0.05) is 19.1 Å². The molecule has 0 saturated heterocycles. The Balaban J connectivity index is 3.02. The van der Waals surface area contributed by atoms with Gasteiger partial charge in [0.05, 0.1) is 22.4 Å². The topological polar surface area (TPSA) is 57.6 Å². The highest BCUT2D eigenvalue weighted by Gasteiger charge is 2.19. The molecule has 1 aromatic carbocycles. The highest BCUT2D eigenvalue weighted by atomic mass is 32.2. The summed E-state index contributed by atoms with van der Waals surface area (Å²) in [5.41, 5.74) is 0.705. The molecule has 0 amide bonds. The van der Waals surface area contributed by atoms with Crippen LogP contribution < -0.4 is 4.90 Å². The van der Waals surface area contributed by atoms with Crippen molar-refractivity contribution in [3.05, 3.63) is 24.3 Å². The van der Waals surface area contributed by atoms with Crippen molar-refractivity contribution in [3.8, 4) is 0 Å². The molecule has 1 unspecified atom stereocenters. The third-order valence-electron chi connectivity index (χ3n) is 2.97. The summed E-state index contributed by atoms with van der Waals surface area (Å²) in [6, 6.07) is 7.04. The van der Waals surface area contributed by atoms with Crippen molar-refractivity contribution in [2.75, 3.05) is 24.2 Å². The zero-order valence-corrected chi connectivity index (χ0v) is 12.7. The number of para-hydroxylation sites is 1. The summed E-state index contributed by atoms with van der Waals surface area (Å²) in [5.74, 6) is 0.161. The van der Waals surface area contributed by atoms with Crippen molar-refractivity contribution in [1.82, 2.24) is 0 Å². The molecule has 0 aliphatic carbocycles. The van der Waals surface area contributed by atoms with Crippen LogP contribution in [0.2, 0.25) is 0 Å². The number of hydrogen-bond acceptors (Lipinski definition) is 4. The zero-order chi connectivity index (χ0) is 14.5.